The number of carbonyl (C=O) groups excluding carboxylic acids is 2. The molecule has 0 spiro atoms. The summed E-state index contributed by atoms with van der Waals surface area (Å²) >= 11 is 0. The maximum Gasteiger partial charge on any atom is 0.222 e. The van der Waals surface area contributed by atoms with Crippen LogP contribution in [-0.4, -0.2) is 53.6 Å². The predicted octanol–water partition coefficient (Wildman–Crippen LogP) is 4.21. The van der Waals surface area contributed by atoms with Crippen LogP contribution in [0.4, 0.5) is 0 Å². The van der Waals surface area contributed by atoms with Crippen LogP contribution in [0.2, 0.25) is 0 Å². The summed E-state index contributed by atoms with van der Waals surface area (Å²) < 4.78 is 5.96. The molecule has 0 rings (SSSR count). The van der Waals surface area contributed by atoms with Crippen molar-refractivity contribution in [2.75, 3.05) is 20.8 Å². The quantitative estimate of drug-likeness (QED) is 0.520. The van der Waals surface area contributed by atoms with Crippen molar-refractivity contribution in [2.45, 2.75) is 98.1 Å². The van der Waals surface area contributed by atoms with Crippen LogP contribution in [0.25, 0.3) is 0 Å². The number of Topliss-reactive ketones (excluding diaryl/α,β-unsaturated/α-hetero) is 1. The van der Waals surface area contributed by atoms with E-state index in [0.29, 0.717) is 19.4 Å². The van der Waals surface area contributed by atoms with Crippen LogP contribution in [-0.2, 0) is 14.3 Å². The van der Waals surface area contributed by atoms with E-state index in [1.807, 2.05) is 39.6 Å². The zero-order valence-electron chi connectivity index (χ0n) is 18.6. The zero-order chi connectivity index (χ0) is 21.0. The fraction of sp³-hybridized carbons (Fsp3) is 0.905. The van der Waals surface area contributed by atoms with E-state index in [-0.39, 0.29) is 23.1 Å². The third-order valence-electron chi connectivity index (χ3n) is 4.73. The van der Waals surface area contributed by atoms with Gasteiger partial charge in [0.05, 0.1) is 5.60 Å². The molecule has 1 amide bonds. The van der Waals surface area contributed by atoms with Gasteiger partial charge in [-0.2, -0.15) is 0 Å². The molecule has 0 aliphatic heterocycles. The van der Waals surface area contributed by atoms with E-state index in [1.165, 1.54) is 0 Å². The molecular formula is C21H43NO4. The lowest BCUT2D eigenvalue weighted by molar-refractivity contribution is -0.136. The molecule has 5 nitrogen and oxygen atoms in total. The van der Waals surface area contributed by atoms with Crippen LogP contribution >= 0.6 is 0 Å². The average molecular weight is 374 g/mol. The topological polar surface area (TPSA) is 66.8 Å². The Bertz CT molecular complexity index is 403. The molecule has 1 N–H and O–H groups in total. The summed E-state index contributed by atoms with van der Waals surface area (Å²) in [7, 11) is 2.88. The van der Waals surface area contributed by atoms with Gasteiger partial charge in [-0.3, -0.25) is 9.59 Å². The molecule has 0 aromatic rings. The third kappa shape index (κ3) is 11.6. The Balaban J connectivity index is 0. The molecule has 0 bridgehead atoms. The van der Waals surface area contributed by atoms with Gasteiger partial charge in [0.15, 0.2) is 0 Å². The van der Waals surface area contributed by atoms with E-state index in [2.05, 4.69) is 20.8 Å². The molecule has 0 radical (unpaired) electrons. The highest BCUT2D eigenvalue weighted by Gasteiger charge is 2.29. The van der Waals surface area contributed by atoms with Gasteiger partial charge in [-0.25, -0.2) is 0 Å². The van der Waals surface area contributed by atoms with Gasteiger partial charge < -0.3 is 14.7 Å². The lowest BCUT2D eigenvalue weighted by Gasteiger charge is -2.37. The van der Waals surface area contributed by atoms with Crippen molar-refractivity contribution in [2.24, 2.45) is 5.92 Å². The fourth-order valence-electron chi connectivity index (χ4n) is 2.45. The Hall–Kier alpha value is -0.940. The number of nitrogens with zero attached hydrogens (tertiary/aromatic N) is 1. The Morgan fingerprint density at radius 1 is 1.08 bits per heavy atom. The highest BCUT2D eigenvalue weighted by molar-refractivity contribution is 5.81. The number of amides is 1. The first kappa shape index (κ1) is 27.3. The van der Waals surface area contributed by atoms with Gasteiger partial charge in [0.2, 0.25) is 5.91 Å². The van der Waals surface area contributed by atoms with Gasteiger partial charge in [-0.05, 0) is 40.5 Å². The van der Waals surface area contributed by atoms with E-state index in [0.717, 1.165) is 32.8 Å². The molecule has 156 valence electrons. The molecule has 0 atom stereocenters. The van der Waals surface area contributed by atoms with Crippen molar-refractivity contribution < 1.29 is 19.4 Å². The van der Waals surface area contributed by atoms with E-state index in [1.54, 1.807) is 0 Å². The molecule has 0 aromatic heterocycles. The first-order valence-electron chi connectivity index (χ1n) is 9.81. The van der Waals surface area contributed by atoms with E-state index >= 15 is 0 Å². The van der Waals surface area contributed by atoms with Crippen LogP contribution in [0, 0.1) is 5.92 Å². The second-order valence-electron chi connectivity index (χ2n) is 8.38. The number of carbonyl (C=O) groups is 2. The van der Waals surface area contributed by atoms with Crippen LogP contribution < -0.4 is 0 Å². The van der Waals surface area contributed by atoms with Crippen LogP contribution in [0.15, 0.2) is 0 Å². The van der Waals surface area contributed by atoms with Crippen molar-refractivity contribution in [3.8, 4) is 0 Å². The van der Waals surface area contributed by atoms with E-state index in [9.17, 15) is 9.59 Å². The summed E-state index contributed by atoms with van der Waals surface area (Å²) in [4.78, 5) is 26.0. The summed E-state index contributed by atoms with van der Waals surface area (Å²) in [6.07, 6.45) is 4.97. The molecule has 5 heteroatoms. The first-order chi connectivity index (χ1) is 11.9. The van der Waals surface area contributed by atoms with Gasteiger partial charge in [-0.15, -0.1) is 0 Å². The second-order valence-corrected chi connectivity index (χ2v) is 8.38. The van der Waals surface area contributed by atoms with E-state index in [4.69, 9.17) is 9.84 Å². The minimum Gasteiger partial charge on any atom is -0.400 e. The zero-order valence-corrected chi connectivity index (χ0v) is 18.6. The fourth-order valence-corrected chi connectivity index (χ4v) is 2.45. The van der Waals surface area contributed by atoms with E-state index < -0.39 is 5.60 Å². The van der Waals surface area contributed by atoms with Crippen molar-refractivity contribution in [1.29, 1.82) is 0 Å². The number of hydrogen-bond acceptors (Lipinski definition) is 4. The summed E-state index contributed by atoms with van der Waals surface area (Å²) in [5, 5.41) is 7.00. The monoisotopic (exact) mass is 373 g/mol. The lowest BCUT2D eigenvalue weighted by Crippen LogP contribution is -2.46. The molecule has 0 aliphatic rings. The number of ketones is 1. The number of hydrogen-bond donors (Lipinski definition) is 1. The number of rotatable bonds is 12. The standard InChI is InChI=1S/C20H39NO3.CH4O/c1-9-10-11-12-18(23)21(8)19(4,5)13-14-24-20(6,7)15-17(22)16(2)3;1-2/h16H,9-15H2,1-8H3;2H,1H3. The molecule has 0 aromatic carbocycles. The van der Waals surface area contributed by atoms with Crippen molar-refractivity contribution in [1.82, 2.24) is 4.90 Å². The highest BCUT2D eigenvalue weighted by Crippen LogP contribution is 2.23. The first-order valence-corrected chi connectivity index (χ1v) is 9.81. The maximum absolute atomic E-state index is 12.3. The van der Waals surface area contributed by atoms with Gasteiger partial charge in [-0.1, -0.05) is 33.6 Å². The summed E-state index contributed by atoms with van der Waals surface area (Å²) in [6.45, 7) is 14.6. The molecule has 0 aliphatic carbocycles. The highest BCUT2D eigenvalue weighted by atomic mass is 16.5. The maximum atomic E-state index is 12.3. The molecule has 0 heterocycles. The molecule has 26 heavy (non-hydrogen) atoms. The van der Waals surface area contributed by atoms with Crippen molar-refractivity contribution in [3.63, 3.8) is 0 Å². The van der Waals surface area contributed by atoms with Crippen molar-refractivity contribution >= 4 is 11.7 Å². The molecular weight excluding hydrogens is 330 g/mol. The predicted molar refractivity (Wildman–Crippen MR) is 108 cm³/mol. The van der Waals surface area contributed by atoms with Gasteiger partial charge >= 0.3 is 0 Å². The molecule has 0 saturated heterocycles. The Labute approximate surface area is 161 Å². The third-order valence-corrected chi connectivity index (χ3v) is 4.73. The largest absolute Gasteiger partial charge is 0.400 e. The SMILES string of the molecule is CCCCCC(=O)N(C)C(C)(C)CCOC(C)(C)CC(=O)C(C)C.CO. The summed E-state index contributed by atoms with van der Waals surface area (Å²) in [5.41, 5.74) is -0.706. The normalized spacial score (nSPS) is 11.8. The lowest BCUT2D eigenvalue weighted by atomic mass is 9.95. The molecule has 0 unspecified atom stereocenters. The Morgan fingerprint density at radius 2 is 1.62 bits per heavy atom. The van der Waals surface area contributed by atoms with Crippen LogP contribution in [0.1, 0.15) is 87.0 Å². The van der Waals surface area contributed by atoms with Crippen LogP contribution in [0.3, 0.4) is 0 Å². The number of ether oxygens (including phenoxy) is 1. The number of aliphatic hydroxyl groups excluding tert-OH is 1. The molecule has 0 saturated carbocycles. The average Bonchev–Trinajstić information content (AvgIpc) is 2.55. The minimum absolute atomic E-state index is 0.0381. The minimum atomic E-state index is -0.457. The summed E-state index contributed by atoms with van der Waals surface area (Å²) in [5.74, 6) is 0.460. The van der Waals surface area contributed by atoms with Crippen LogP contribution in [0.5, 0.6) is 0 Å². The second kappa shape index (κ2) is 13.3. The Morgan fingerprint density at radius 3 is 2.08 bits per heavy atom. The summed E-state index contributed by atoms with van der Waals surface area (Å²) in [6, 6.07) is 0. The molecule has 0 fully saturated rings. The van der Waals surface area contributed by atoms with Crippen molar-refractivity contribution in [3.05, 3.63) is 0 Å². The van der Waals surface area contributed by atoms with Gasteiger partial charge in [0.25, 0.3) is 0 Å². The smallest absolute Gasteiger partial charge is 0.222 e. The van der Waals surface area contributed by atoms with Gasteiger partial charge in [0.1, 0.15) is 5.78 Å². The Kier molecular flexibility index (Phi) is 13.9. The van der Waals surface area contributed by atoms with Gasteiger partial charge in [0, 0.05) is 45.1 Å². The number of unbranched alkanes of at least 4 members (excludes halogenated alkanes) is 2. The number of aliphatic hydroxyl groups is 1.